The van der Waals surface area contributed by atoms with Gasteiger partial charge in [0.1, 0.15) is 5.82 Å². The predicted molar refractivity (Wildman–Crippen MR) is 72.5 cm³/mol. The molecule has 5 heteroatoms. The lowest BCUT2D eigenvalue weighted by atomic mass is 10.1. The second-order valence-corrected chi connectivity index (χ2v) is 5.03. The minimum atomic E-state index is -0.311. The molecule has 0 aliphatic carbocycles. The average molecular weight is 310 g/mol. The summed E-state index contributed by atoms with van der Waals surface area (Å²) in [7, 11) is 0. The van der Waals surface area contributed by atoms with E-state index in [1.54, 1.807) is 12.3 Å². The van der Waals surface area contributed by atoms with Gasteiger partial charge in [-0.25, -0.2) is 14.4 Å². The molecular formula is C13H13BrFN3. The smallest absolute Gasteiger partial charge is 0.160 e. The number of aromatic nitrogens is 2. The van der Waals surface area contributed by atoms with Gasteiger partial charge < -0.3 is 5.73 Å². The van der Waals surface area contributed by atoms with Gasteiger partial charge in [0.15, 0.2) is 5.82 Å². The third kappa shape index (κ3) is 3.11. The van der Waals surface area contributed by atoms with Crippen LogP contribution in [0.1, 0.15) is 12.6 Å². The summed E-state index contributed by atoms with van der Waals surface area (Å²) in [6, 6.07) is 6.30. The molecule has 0 spiro atoms. The molecule has 0 aliphatic rings. The van der Waals surface area contributed by atoms with Crippen LogP contribution >= 0.6 is 15.9 Å². The van der Waals surface area contributed by atoms with Crippen molar-refractivity contribution in [3.63, 3.8) is 0 Å². The fourth-order valence-corrected chi connectivity index (χ4v) is 2.06. The van der Waals surface area contributed by atoms with Crippen LogP contribution in [0.4, 0.5) is 4.39 Å². The molecule has 3 nitrogen and oxygen atoms in total. The Bertz CT molecular complexity index is 558. The molecule has 1 aromatic carbocycles. The molecule has 1 aromatic heterocycles. The van der Waals surface area contributed by atoms with Crippen LogP contribution in [-0.4, -0.2) is 16.0 Å². The zero-order valence-electron chi connectivity index (χ0n) is 9.90. The second-order valence-electron chi connectivity index (χ2n) is 4.18. The molecule has 1 unspecified atom stereocenters. The molecule has 0 saturated heterocycles. The fraction of sp³-hybridized carbons (Fsp3) is 0.231. The maximum Gasteiger partial charge on any atom is 0.160 e. The molecule has 1 atom stereocenters. The normalized spacial score (nSPS) is 12.4. The highest BCUT2D eigenvalue weighted by molar-refractivity contribution is 9.10. The quantitative estimate of drug-likeness (QED) is 0.948. The van der Waals surface area contributed by atoms with E-state index in [9.17, 15) is 4.39 Å². The Morgan fingerprint density at radius 2 is 2.17 bits per heavy atom. The van der Waals surface area contributed by atoms with Crippen LogP contribution in [0, 0.1) is 5.82 Å². The Hall–Kier alpha value is -1.33. The second kappa shape index (κ2) is 5.54. The number of nitrogens with zero attached hydrogens (tertiary/aromatic N) is 2. The van der Waals surface area contributed by atoms with E-state index in [1.807, 2.05) is 13.0 Å². The van der Waals surface area contributed by atoms with Gasteiger partial charge in [-0.2, -0.15) is 0 Å². The minimum absolute atomic E-state index is 0.0312. The van der Waals surface area contributed by atoms with Crippen molar-refractivity contribution >= 4 is 15.9 Å². The van der Waals surface area contributed by atoms with Crippen LogP contribution in [0.25, 0.3) is 11.4 Å². The monoisotopic (exact) mass is 309 g/mol. The van der Waals surface area contributed by atoms with Crippen LogP contribution in [0.2, 0.25) is 0 Å². The summed E-state index contributed by atoms with van der Waals surface area (Å²) in [5.41, 5.74) is 7.23. The van der Waals surface area contributed by atoms with Crippen molar-refractivity contribution in [3.8, 4) is 11.4 Å². The summed E-state index contributed by atoms with van der Waals surface area (Å²) in [4.78, 5) is 8.57. The molecule has 2 aromatic rings. The summed E-state index contributed by atoms with van der Waals surface area (Å²) in [5.74, 6) is 0.189. The number of nitrogens with two attached hydrogens (primary N) is 1. The summed E-state index contributed by atoms with van der Waals surface area (Å²) >= 11 is 3.37. The molecule has 94 valence electrons. The first-order chi connectivity index (χ1) is 8.56. The Morgan fingerprint density at radius 1 is 1.39 bits per heavy atom. The van der Waals surface area contributed by atoms with Gasteiger partial charge in [-0.1, -0.05) is 15.9 Å². The number of benzene rings is 1. The summed E-state index contributed by atoms with van der Waals surface area (Å²) in [6.07, 6.45) is 2.33. The lowest BCUT2D eigenvalue weighted by Gasteiger charge is -2.07. The van der Waals surface area contributed by atoms with Gasteiger partial charge in [-0.15, -0.1) is 0 Å². The van der Waals surface area contributed by atoms with Gasteiger partial charge in [-0.05, 0) is 31.2 Å². The lowest BCUT2D eigenvalue weighted by Crippen LogP contribution is -2.18. The molecule has 0 amide bonds. The van der Waals surface area contributed by atoms with Crippen molar-refractivity contribution in [3.05, 3.63) is 46.4 Å². The van der Waals surface area contributed by atoms with E-state index in [4.69, 9.17) is 5.73 Å². The molecule has 0 saturated carbocycles. The lowest BCUT2D eigenvalue weighted by molar-refractivity contribution is 0.628. The van der Waals surface area contributed by atoms with Crippen molar-refractivity contribution in [1.29, 1.82) is 0 Å². The first-order valence-electron chi connectivity index (χ1n) is 5.59. The average Bonchev–Trinajstić information content (AvgIpc) is 2.32. The summed E-state index contributed by atoms with van der Waals surface area (Å²) in [5, 5.41) is 0. The van der Waals surface area contributed by atoms with E-state index < -0.39 is 0 Å². The van der Waals surface area contributed by atoms with Gasteiger partial charge in [0.05, 0.1) is 0 Å². The first kappa shape index (κ1) is 13.1. The zero-order chi connectivity index (χ0) is 13.1. The van der Waals surface area contributed by atoms with Crippen molar-refractivity contribution < 1.29 is 4.39 Å². The maximum atomic E-state index is 13.2. The zero-order valence-corrected chi connectivity index (χ0v) is 11.5. The highest BCUT2D eigenvalue weighted by atomic mass is 79.9. The van der Waals surface area contributed by atoms with Gasteiger partial charge >= 0.3 is 0 Å². The summed E-state index contributed by atoms with van der Waals surface area (Å²) < 4.78 is 14.0. The van der Waals surface area contributed by atoms with E-state index in [0.29, 0.717) is 17.8 Å². The Labute approximate surface area is 113 Å². The molecule has 2 N–H and O–H groups in total. The molecular weight excluding hydrogens is 297 g/mol. The fourth-order valence-electron chi connectivity index (χ4n) is 1.64. The standard InChI is InChI=1S/C13H13BrFN3/c1-8(16)6-10-4-5-17-13(18-10)11-7-9(15)2-3-12(11)14/h2-5,7-8H,6,16H2,1H3. The highest BCUT2D eigenvalue weighted by Gasteiger charge is 2.09. The van der Waals surface area contributed by atoms with Crippen LogP contribution in [0.5, 0.6) is 0 Å². The third-order valence-corrected chi connectivity index (χ3v) is 3.11. The van der Waals surface area contributed by atoms with Crippen LogP contribution in [-0.2, 0) is 6.42 Å². The molecule has 0 aliphatic heterocycles. The molecule has 0 fully saturated rings. The van der Waals surface area contributed by atoms with Crippen molar-refractivity contribution in [1.82, 2.24) is 9.97 Å². The van der Waals surface area contributed by atoms with Crippen molar-refractivity contribution in [2.45, 2.75) is 19.4 Å². The van der Waals surface area contributed by atoms with E-state index in [0.717, 1.165) is 10.2 Å². The Morgan fingerprint density at radius 3 is 2.89 bits per heavy atom. The van der Waals surface area contributed by atoms with Crippen LogP contribution in [0.3, 0.4) is 0 Å². The molecule has 2 rings (SSSR count). The number of hydrogen-bond donors (Lipinski definition) is 1. The van der Waals surface area contributed by atoms with Gasteiger partial charge in [0, 0.05) is 34.4 Å². The largest absolute Gasteiger partial charge is 0.328 e. The summed E-state index contributed by atoms with van der Waals surface area (Å²) in [6.45, 7) is 1.92. The molecule has 0 radical (unpaired) electrons. The SMILES string of the molecule is CC(N)Cc1ccnc(-c2cc(F)ccc2Br)n1. The molecule has 18 heavy (non-hydrogen) atoms. The van der Waals surface area contributed by atoms with Gasteiger partial charge in [0.2, 0.25) is 0 Å². The van der Waals surface area contributed by atoms with Crippen LogP contribution < -0.4 is 5.73 Å². The number of hydrogen-bond acceptors (Lipinski definition) is 3. The van der Waals surface area contributed by atoms with E-state index in [1.165, 1.54) is 12.1 Å². The van der Waals surface area contributed by atoms with Gasteiger partial charge in [0.25, 0.3) is 0 Å². The van der Waals surface area contributed by atoms with Crippen LogP contribution in [0.15, 0.2) is 34.9 Å². The molecule has 0 bridgehead atoms. The maximum absolute atomic E-state index is 13.2. The molecule has 1 heterocycles. The third-order valence-electron chi connectivity index (χ3n) is 2.41. The Balaban J connectivity index is 2.41. The van der Waals surface area contributed by atoms with E-state index in [2.05, 4.69) is 25.9 Å². The van der Waals surface area contributed by atoms with Gasteiger partial charge in [-0.3, -0.25) is 0 Å². The Kier molecular flexibility index (Phi) is 4.04. The minimum Gasteiger partial charge on any atom is -0.328 e. The topological polar surface area (TPSA) is 51.8 Å². The predicted octanol–water partition coefficient (Wildman–Crippen LogP) is 2.93. The first-order valence-corrected chi connectivity index (χ1v) is 6.38. The highest BCUT2D eigenvalue weighted by Crippen LogP contribution is 2.26. The van der Waals surface area contributed by atoms with E-state index in [-0.39, 0.29) is 11.9 Å². The number of halogens is 2. The van der Waals surface area contributed by atoms with Crippen molar-refractivity contribution in [2.24, 2.45) is 5.73 Å². The van der Waals surface area contributed by atoms with E-state index >= 15 is 0 Å². The number of rotatable bonds is 3. The van der Waals surface area contributed by atoms with Crippen molar-refractivity contribution in [2.75, 3.05) is 0 Å².